The second-order valence-electron chi connectivity index (χ2n) is 6.60. The van der Waals surface area contributed by atoms with Crippen molar-refractivity contribution in [3.63, 3.8) is 0 Å². The van der Waals surface area contributed by atoms with E-state index in [0.29, 0.717) is 37.4 Å². The molecule has 2 aromatic carbocycles. The molecular formula is C21H19N5O. The quantitative estimate of drug-likeness (QED) is 0.720. The molecule has 1 saturated heterocycles. The first kappa shape index (κ1) is 17.1. The molecule has 1 unspecified atom stereocenters. The Balaban J connectivity index is 1.48. The zero-order valence-corrected chi connectivity index (χ0v) is 14.8. The molecule has 27 heavy (non-hydrogen) atoms. The maximum Gasteiger partial charge on any atom is 0.274 e. The molecule has 1 aromatic heterocycles. The number of para-hydroxylation sites is 2. The SMILES string of the molecule is N#CC1CN(C(=O)c2cnc3ccccc3n2)CCN1Cc1ccccc1. The number of hydrogen-bond acceptors (Lipinski definition) is 5. The highest BCUT2D eigenvalue weighted by molar-refractivity contribution is 5.93. The highest BCUT2D eigenvalue weighted by Crippen LogP contribution is 2.16. The highest BCUT2D eigenvalue weighted by atomic mass is 16.2. The Morgan fingerprint density at radius 2 is 1.81 bits per heavy atom. The third-order valence-corrected chi connectivity index (χ3v) is 4.82. The second kappa shape index (κ2) is 7.52. The first-order valence-corrected chi connectivity index (χ1v) is 8.93. The van der Waals surface area contributed by atoms with Gasteiger partial charge in [0.05, 0.1) is 29.8 Å². The number of nitriles is 1. The minimum absolute atomic E-state index is 0.173. The van der Waals surface area contributed by atoms with E-state index >= 15 is 0 Å². The van der Waals surface area contributed by atoms with E-state index in [2.05, 4.69) is 33.1 Å². The fraction of sp³-hybridized carbons (Fsp3) is 0.238. The van der Waals surface area contributed by atoms with Crippen LogP contribution in [0.1, 0.15) is 16.1 Å². The molecule has 4 rings (SSSR count). The summed E-state index contributed by atoms with van der Waals surface area (Å²) in [5.74, 6) is -0.173. The zero-order valence-electron chi connectivity index (χ0n) is 14.8. The molecule has 2 heterocycles. The summed E-state index contributed by atoms with van der Waals surface area (Å²) in [5, 5.41) is 9.59. The average Bonchev–Trinajstić information content (AvgIpc) is 2.74. The minimum Gasteiger partial charge on any atom is -0.333 e. The Morgan fingerprint density at radius 1 is 1.07 bits per heavy atom. The summed E-state index contributed by atoms with van der Waals surface area (Å²) in [5.41, 5.74) is 2.94. The fourth-order valence-electron chi connectivity index (χ4n) is 3.36. The molecule has 1 amide bonds. The van der Waals surface area contributed by atoms with E-state index in [1.807, 2.05) is 42.5 Å². The van der Waals surface area contributed by atoms with E-state index < -0.39 is 0 Å². The van der Waals surface area contributed by atoms with Crippen LogP contribution in [0.5, 0.6) is 0 Å². The molecule has 1 aliphatic rings. The van der Waals surface area contributed by atoms with Crippen molar-refractivity contribution in [3.8, 4) is 6.07 Å². The number of piperazine rings is 1. The van der Waals surface area contributed by atoms with E-state index in [1.165, 1.54) is 6.20 Å². The molecule has 0 spiro atoms. The summed E-state index contributed by atoms with van der Waals surface area (Å²) in [6.07, 6.45) is 1.52. The van der Waals surface area contributed by atoms with Gasteiger partial charge in [-0.15, -0.1) is 0 Å². The normalized spacial score (nSPS) is 17.6. The number of benzene rings is 2. The first-order valence-electron chi connectivity index (χ1n) is 8.93. The van der Waals surface area contributed by atoms with Crippen LogP contribution >= 0.6 is 0 Å². The van der Waals surface area contributed by atoms with Gasteiger partial charge in [-0.05, 0) is 17.7 Å². The van der Waals surface area contributed by atoms with Crippen molar-refractivity contribution in [3.05, 3.63) is 72.1 Å². The van der Waals surface area contributed by atoms with Crippen molar-refractivity contribution < 1.29 is 4.79 Å². The monoisotopic (exact) mass is 357 g/mol. The van der Waals surface area contributed by atoms with E-state index in [0.717, 1.165) is 11.1 Å². The molecule has 0 aliphatic carbocycles. The van der Waals surface area contributed by atoms with Gasteiger partial charge in [-0.3, -0.25) is 14.7 Å². The van der Waals surface area contributed by atoms with Crippen LogP contribution in [0, 0.1) is 11.3 Å². The first-order chi connectivity index (χ1) is 13.2. The Hall–Kier alpha value is -3.30. The Labute approximate surface area is 157 Å². The van der Waals surface area contributed by atoms with Crippen molar-refractivity contribution in [2.45, 2.75) is 12.6 Å². The van der Waals surface area contributed by atoms with Crippen LogP contribution in [0.2, 0.25) is 0 Å². The number of amides is 1. The van der Waals surface area contributed by atoms with Crippen molar-refractivity contribution in [2.75, 3.05) is 19.6 Å². The molecule has 0 bridgehead atoms. The van der Waals surface area contributed by atoms with Gasteiger partial charge in [0.1, 0.15) is 11.7 Å². The third kappa shape index (κ3) is 3.64. The summed E-state index contributed by atoms with van der Waals surface area (Å²) in [6.45, 7) is 2.30. The topological polar surface area (TPSA) is 73.1 Å². The van der Waals surface area contributed by atoms with Crippen molar-refractivity contribution >= 4 is 16.9 Å². The number of rotatable bonds is 3. The lowest BCUT2D eigenvalue weighted by molar-refractivity contribution is 0.0546. The molecule has 1 atom stereocenters. The fourth-order valence-corrected chi connectivity index (χ4v) is 3.36. The van der Waals surface area contributed by atoms with Gasteiger partial charge in [0, 0.05) is 19.6 Å². The summed E-state index contributed by atoms with van der Waals surface area (Å²) < 4.78 is 0. The number of hydrogen-bond donors (Lipinski definition) is 0. The molecule has 6 nitrogen and oxygen atoms in total. The summed E-state index contributed by atoms with van der Waals surface area (Å²) >= 11 is 0. The Bertz CT molecular complexity index is 998. The lowest BCUT2D eigenvalue weighted by Gasteiger charge is -2.38. The van der Waals surface area contributed by atoms with Crippen LogP contribution in [0.3, 0.4) is 0 Å². The molecule has 6 heteroatoms. The van der Waals surface area contributed by atoms with Gasteiger partial charge >= 0.3 is 0 Å². The van der Waals surface area contributed by atoms with E-state index in [-0.39, 0.29) is 11.9 Å². The van der Waals surface area contributed by atoms with Crippen molar-refractivity contribution in [2.24, 2.45) is 0 Å². The van der Waals surface area contributed by atoms with E-state index in [4.69, 9.17) is 0 Å². The van der Waals surface area contributed by atoms with Gasteiger partial charge in [-0.2, -0.15) is 5.26 Å². The molecule has 1 aliphatic heterocycles. The third-order valence-electron chi connectivity index (χ3n) is 4.82. The van der Waals surface area contributed by atoms with Crippen LogP contribution in [0.4, 0.5) is 0 Å². The zero-order chi connectivity index (χ0) is 18.6. The van der Waals surface area contributed by atoms with Gasteiger partial charge in [-0.25, -0.2) is 4.98 Å². The van der Waals surface area contributed by atoms with Gasteiger partial charge in [0.15, 0.2) is 0 Å². The molecule has 3 aromatic rings. The number of fused-ring (bicyclic) bond motifs is 1. The van der Waals surface area contributed by atoms with Crippen molar-refractivity contribution in [1.29, 1.82) is 5.26 Å². The average molecular weight is 357 g/mol. The van der Waals surface area contributed by atoms with Gasteiger partial charge in [0.25, 0.3) is 5.91 Å². The number of nitrogens with zero attached hydrogens (tertiary/aromatic N) is 5. The van der Waals surface area contributed by atoms with Crippen LogP contribution in [0.15, 0.2) is 60.8 Å². The van der Waals surface area contributed by atoms with Crippen LogP contribution in [-0.2, 0) is 6.54 Å². The molecule has 1 fully saturated rings. The van der Waals surface area contributed by atoms with Crippen molar-refractivity contribution in [1.82, 2.24) is 19.8 Å². The second-order valence-corrected chi connectivity index (χ2v) is 6.60. The van der Waals surface area contributed by atoms with Crippen LogP contribution in [-0.4, -0.2) is 51.4 Å². The van der Waals surface area contributed by atoms with Gasteiger partial charge in [-0.1, -0.05) is 42.5 Å². The summed E-state index contributed by atoms with van der Waals surface area (Å²) in [4.78, 5) is 25.4. The maximum absolute atomic E-state index is 12.9. The lowest BCUT2D eigenvalue weighted by atomic mass is 10.1. The Morgan fingerprint density at radius 3 is 2.59 bits per heavy atom. The molecular weight excluding hydrogens is 338 g/mol. The van der Waals surface area contributed by atoms with Crippen LogP contribution in [0.25, 0.3) is 11.0 Å². The predicted molar refractivity (Wildman–Crippen MR) is 102 cm³/mol. The minimum atomic E-state index is -0.337. The van der Waals surface area contributed by atoms with Gasteiger partial charge in [0.2, 0.25) is 0 Å². The van der Waals surface area contributed by atoms with E-state index in [1.54, 1.807) is 4.90 Å². The highest BCUT2D eigenvalue weighted by Gasteiger charge is 2.30. The van der Waals surface area contributed by atoms with E-state index in [9.17, 15) is 10.1 Å². The molecule has 0 radical (unpaired) electrons. The number of aromatic nitrogens is 2. The smallest absolute Gasteiger partial charge is 0.274 e. The molecule has 0 N–H and O–H groups in total. The standard InChI is InChI=1S/C21H19N5O/c22-12-17-15-26(11-10-25(17)14-16-6-2-1-3-7-16)21(27)20-13-23-18-8-4-5-9-19(18)24-20/h1-9,13,17H,10-11,14-15H2. The summed E-state index contributed by atoms with van der Waals surface area (Å²) in [6, 6.07) is 19.5. The largest absolute Gasteiger partial charge is 0.333 e. The molecule has 134 valence electrons. The summed E-state index contributed by atoms with van der Waals surface area (Å²) in [7, 11) is 0. The van der Waals surface area contributed by atoms with Gasteiger partial charge < -0.3 is 4.90 Å². The molecule has 0 saturated carbocycles. The number of carbonyl (C=O) groups is 1. The van der Waals surface area contributed by atoms with Crippen LogP contribution < -0.4 is 0 Å². The maximum atomic E-state index is 12.9. The number of carbonyl (C=O) groups excluding carboxylic acids is 1. The predicted octanol–water partition coefficient (Wildman–Crippen LogP) is 2.48. The lowest BCUT2D eigenvalue weighted by Crippen LogP contribution is -2.53. The Kier molecular flexibility index (Phi) is 4.77.